The van der Waals surface area contributed by atoms with Crippen molar-refractivity contribution in [1.29, 1.82) is 0 Å². The number of amides is 1. The molecule has 1 aromatic carbocycles. The molecule has 3 heterocycles. The van der Waals surface area contributed by atoms with E-state index in [2.05, 4.69) is 65.3 Å². The Labute approximate surface area is 333 Å². The third kappa shape index (κ3) is 8.30. The van der Waals surface area contributed by atoms with E-state index in [1.165, 1.54) is 38.5 Å². The van der Waals surface area contributed by atoms with Crippen LogP contribution >= 0.6 is 0 Å². The van der Waals surface area contributed by atoms with Gasteiger partial charge in [0.2, 0.25) is 5.91 Å². The normalized spacial score (nSPS) is 25.1. The number of carbonyl (C=O) groups is 3. The minimum Gasteiger partial charge on any atom is -0.355 e. The van der Waals surface area contributed by atoms with Crippen LogP contribution in [0.3, 0.4) is 0 Å². The Kier molecular flexibility index (Phi) is 11.3. The van der Waals surface area contributed by atoms with Crippen LogP contribution in [0.5, 0.6) is 0 Å². The molecule has 1 N–H and O–H groups in total. The van der Waals surface area contributed by atoms with Crippen LogP contribution in [0.2, 0.25) is 0 Å². The van der Waals surface area contributed by atoms with E-state index in [1.807, 2.05) is 30.1 Å². The first-order valence-electron chi connectivity index (χ1n) is 21.7. The smallest absolute Gasteiger partial charge is 0.220 e. The van der Waals surface area contributed by atoms with Gasteiger partial charge in [-0.3, -0.25) is 24.0 Å². The van der Waals surface area contributed by atoms with Gasteiger partial charge in [0.05, 0.1) is 11.7 Å². The first-order valence-corrected chi connectivity index (χ1v) is 21.7. The summed E-state index contributed by atoms with van der Waals surface area (Å²) >= 11 is 0. The lowest BCUT2D eigenvalue weighted by molar-refractivity contribution is -0.123. The molecule has 3 aromatic rings. The van der Waals surface area contributed by atoms with Crippen LogP contribution in [-0.2, 0) is 9.59 Å². The van der Waals surface area contributed by atoms with Gasteiger partial charge in [-0.15, -0.1) is 0 Å². The van der Waals surface area contributed by atoms with Crippen molar-refractivity contribution in [2.45, 2.75) is 117 Å². The lowest BCUT2D eigenvalue weighted by Gasteiger charge is -2.57. The maximum Gasteiger partial charge on any atom is 0.220 e. The molecule has 5 aliphatic carbocycles. The second kappa shape index (κ2) is 16.4. The van der Waals surface area contributed by atoms with E-state index in [9.17, 15) is 14.4 Å². The van der Waals surface area contributed by atoms with Crippen LogP contribution in [0.25, 0.3) is 22.0 Å². The molecule has 1 saturated heterocycles. The number of piperazine rings is 1. The maximum atomic E-state index is 14.0. The molecule has 56 heavy (non-hydrogen) atoms. The van der Waals surface area contributed by atoms with Crippen LogP contribution in [-0.4, -0.2) is 76.4 Å². The number of hydrogen-bond donors (Lipinski definition) is 1. The number of carbonyl (C=O) groups excluding carboxylic acids is 3. The van der Waals surface area contributed by atoms with Crippen LogP contribution in [0.15, 0.2) is 59.5 Å². The Hall–Kier alpha value is -4.11. The van der Waals surface area contributed by atoms with Crippen LogP contribution in [0.4, 0.5) is 5.82 Å². The quantitative estimate of drug-likeness (QED) is 0.155. The monoisotopic (exact) mass is 758 g/mol. The van der Waals surface area contributed by atoms with Gasteiger partial charge in [0.1, 0.15) is 5.82 Å². The van der Waals surface area contributed by atoms with Gasteiger partial charge >= 0.3 is 0 Å². The highest BCUT2D eigenvalue weighted by Gasteiger charge is 2.50. The van der Waals surface area contributed by atoms with Crippen molar-refractivity contribution in [3.8, 4) is 11.1 Å². The van der Waals surface area contributed by atoms with E-state index in [-0.39, 0.29) is 29.9 Å². The summed E-state index contributed by atoms with van der Waals surface area (Å²) in [6, 6.07) is 8.44. The van der Waals surface area contributed by atoms with Crippen LogP contribution < -0.4 is 10.2 Å². The Balaban J connectivity index is 0.864. The van der Waals surface area contributed by atoms with Crippen molar-refractivity contribution in [3.05, 3.63) is 65.0 Å². The number of hydrogen-bond acceptors (Lipinski definition) is 7. The fourth-order valence-electron chi connectivity index (χ4n) is 11.5. The number of nitrogens with one attached hydrogen (secondary N) is 1. The van der Waals surface area contributed by atoms with Crippen LogP contribution in [0, 0.1) is 23.2 Å². The van der Waals surface area contributed by atoms with Gasteiger partial charge in [-0.1, -0.05) is 25.0 Å². The molecule has 0 unspecified atom stereocenters. The second-order valence-corrected chi connectivity index (χ2v) is 18.4. The molecular weight excluding hydrogens is 697 g/mol. The highest BCUT2D eigenvalue weighted by Crippen LogP contribution is 2.61. The summed E-state index contributed by atoms with van der Waals surface area (Å²) in [5.41, 5.74) is 6.94. The molecule has 298 valence electrons. The minimum atomic E-state index is 0.0297. The van der Waals surface area contributed by atoms with Crippen LogP contribution in [0.1, 0.15) is 128 Å². The predicted molar refractivity (Wildman–Crippen MR) is 224 cm³/mol. The van der Waals surface area contributed by atoms with Crippen molar-refractivity contribution in [2.75, 3.05) is 44.2 Å². The molecule has 0 spiro atoms. The lowest BCUT2D eigenvalue weighted by atomic mass is 9.48. The van der Waals surface area contributed by atoms with Gasteiger partial charge in [-0.25, -0.2) is 4.98 Å². The predicted octanol–water partition coefficient (Wildman–Crippen LogP) is 8.89. The molecule has 0 atom stereocenters. The van der Waals surface area contributed by atoms with E-state index >= 15 is 0 Å². The summed E-state index contributed by atoms with van der Waals surface area (Å²) in [7, 11) is 0. The van der Waals surface area contributed by atoms with Gasteiger partial charge in [0, 0.05) is 87.3 Å². The Morgan fingerprint density at radius 1 is 0.929 bits per heavy atom. The molecule has 0 radical (unpaired) electrons. The molecule has 6 aliphatic rings. The van der Waals surface area contributed by atoms with E-state index in [1.54, 1.807) is 0 Å². The third-order valence-corrected chi connectivity index (χ3v) is 13.8. The Morgan fingerprint density at radius 3 is 2.32 bits per heavy atom. The Bertz CT molecular complexity index is 1980. The number of anilines is 1. The third-order valence-electron chi connectivity index (χ3n) is 13.8. The van der Waals surface area contributed by atoms with Crippen molar-refractivity contribution >= 4 is 34.2 Å². The zero-order chi connectivity index (χ0) is 39.0. The number of nitrogens with zero attached hydrogens (tertiary/aromatic N) is 5. The number of fused-ring (bicyclic) bond motifs is 1. The summed E-state index contributed by atoms with van der Waals surface area (Å²) in [5, 5.41) is 8.76. The number of ketones is 2. The molecule has 9 heteroatoms. The second-order valence-electron chi connectivity index (χ2n) is 18.4. The number of rotatable bonds is 15. The summed E-state index contributed by atoms with van der Waals surface area (Å²) in [6.07, 6.45) is 19.1. The summed E-state index contributed by atoms with van der Waals surface area (Å²) in [6.45, 7) is 13.6. The molecule has 5 fully saturated rings. The molecule has 4 saturated carbocycles. The first kappa shape index (κ1) is 38.7. The molecule has 9 rings (SSSR count). The van der Waals surface area contributed by atoms with E-state index < -0.39 is 0 Å². The SMILES string of the molecule is CCCC1=C(CCC(=O)c2cc(-c3ccc(N4CCN(CCNC(=O)CCC56CC7CC(CC(C7)C5)C6)CC4)nc3)cc3c2cnn3C(C)C)C(=O)CC(C)=C1. The highest BCUT2D eigenvalue weighted by atomic mass is 16.1. The number of Topliss-reactive ketones (excluding diaryl/α,β-unsaturated/α-hetero) is 2. The molecule has 1 amide bonds. The first-order chi connectivity index (χ1) is 27.1. The number of aromatic nitrogens is 3. The van der Waals surface area contributed by atoms with Gasteiger partial charge < -0.3 is 10.2 Å². The highest BCUT2D eigenvalue weighted by molar-refractivity contribution is 6.09. The van der Waals surface area contributed by atoms with E-state index in [0.29, 0.717) is 36.8 Å². The average molecular weight is 759 g/mol. The lowest BCUT2D eigenvalue weighted by Crippen LogP contribution is -2.49. The fourth-order valence-corrected chi connectivity index (χ4v) is 11.5. The molecule has 4 bridgehead atoms. The topological polar surface area (TPSA) is 100 Å². The molecule has 1 aliphatic heterocycles. The Morgan fingerprint density at radius 2 is 1.66 bits per heavy atom. The summed E-state index contributed by atoms with van der Waals surface area (Å²) < 4.78 is 1.98. The largest absolute Gasteiger partial charge is 0.355 e. The number of allylic oxidation sites excluding steroid dienone is 4. The molecule has 2 aromatic heterocycles. The van der Waals surface area contributed by atoms with Gasteiger partial charge in [0.25, 0.3) is 0 Å². The van der Waals surface area contributed by atoms with Gasteiger partial charge in [-0.2, -0.15) is 5.10 Å². The van der Waals surface area contributed by atoms with E-state index in [4.69, 9.17) is 4.98 Å². The van der Waals surface area contributed by atoms with Gasteiger partial charge in [-0.05, 0) is 143 Å². The fraction of sp³-hybridized carbons (Fsp3) is 0.596. The number of pyridine rings is 1. The summed E-state index contributed by atoms with van der Waals surface area (Å²) in [4.78, 5) is 49.6. The molecular formula is C47H62N6O3. The van der Waals surface area contributed by atoms with E-state index in [0.717, 1.165) is 114 Å². The zero-order valence-electron chi connectivity index (χ0n) is 34.2. The van der Waals surface area contributed by atoms with Crippen molar-refractivity contribution in [3.63, 3.8) is 0 Å². The van der Waals surface area contributed by atoms with Crippen molar-refractivity contribution < 1.29 is 14.4 Å². The zero-order valence-corrected chi connectivity index (χ0v) is 34.2. The maximum absolute atomic E-state index is 14.0. The summed E-state index contributed by atoms with van der Waals surface area (Å²) in [5.74, 6) is 4.18. The number of benzene rings is 1. The minimum absolute atomic E-state index is 0.0297. The molecule has 9 nitrogen and oxygen atoms in total. The van der Waals surface area contributed by atoms with Crippen molar-refractivity contribution in [1.82, 2.24) is 25.0 Å². The standard InChI is InChI=1S/C47H62N6O3/c1-5-6-36-19-32(4)20-44(55)39(36)8-9-43(54)40-24-38(25-42-41(40)30-50-53(42)31(2)3)37-7-10-45(49-29-37)52-17-15-51(16-18-52)14-13-48-46(56)11-12-47-26-33-21-34(27-47)23-35(22-33)28-47/h7,10,19,24-25,29-31,33-35H,5-6,8-9,11-18,20-23,26-28H2,1-4H3,(H,48,56). The average Bonchev–Trinajstić information content (AvgIpc) is 3.61. The van der Waals surface area contributed by atoms with Crippen molar-refractivity contribution in [2.24, 2.45) is 23.2 Å². The van der Waals surface area contributed by atoms with Gasteiger partial charge in [0.15, 0.2) is 11.6 Å².